The fraction of sp³-hybridized carbons (Fsp3) is 0.467. The van der Waals surface area contributed by atoms with E-state index in [4.69, 9.17) is 10.1 Å². The van der Waals surface area contributed by atoms with Gasteiger partial charge in [0.2, 0.25) is 0 Å². The third kappa shape index (κ3) is 2.41. The summed E-state index contributed by atoms with van der Waals surface area (Å²) in [7, 11) is 2.06. The predicted octanol–water partition coefficient (Wildman–Crippen LogP) is 1.84. The standard InChI is InChI=1S/C15H19N3O2/c1-17-13-5-3-2-4-12(13)16-15(17)11-6-8-18(9-7-11)10-14(19)20/h2-5,11H,6-10H2,1H3,(H,19,20). The van der Waals surface area contributed by atoms with Crippen LogP contribution >= 0.6 is 0 Å². The lowest BCUT2D eigenvalue weighted by Crippen LogP contribution is -2.37. The lowest BCUT2D eigenvalue weighted by atomic mass is 9.96. The van der Waals surface area contributed by atoms with E-state index in [0.717, 1.165) is 42.8 Å². The first-order valence-corrected chi connectivity index (χ1v) is 7.00. The fourth-order valence-corrected chi connectivity index (χ4v) is 3.07. The number of carboxylic acids is 1. The summed E-state index contributed by atoms with van der Waals surface area (Å²) in [5.74, 6) is 0.810. The average molecular weight is 273 g/mol. The van der Waals surface area contributed by atoms with Gasteiger partial charge in [0, 0.05) is 13.0 Å². The summed E-state index contributed by atoms with van der Waals surface area (Å²) in [6, 6.07) is 8.17. The maximum Gasteiger partial charge on any atom is 0.317 e. The Hall–Kier alpha value is -1.88. The normalized spacial score (nSPS) is 17.6. The highest BCUT2D eigenvalue weighted by atomic mass is 16.4. The Labute approximate surface area is 117 Å². The molecule has 0 bridgehead atoms. The third-order valence-corrected chi connectivity index (χ3v) is 4.13. The number of hydrogen-bond donors (Lipinski definition) is 1. The van der Waals surface area contributed by atoms with Gasteiger partial charge in [-0.15, -0.1) is 0 Å². The first kappa shape index (κ1) is 13.1. The Kier molecular flexibility index (Phi) is 3.44. The van der Waals surface area contributed by atoms with Crippen molar-refractivity contribution in [1.29, 1.82) is 0 Å². The van der Waals surface area contributed by atoms with Gasteiger partial charge in [-0.25, -0.2) is 4.98 Å². The molecule has 1 aliphatic heterocycles. The second kappa shape index (κ2) is 5.25. The third-order valence-electron chi connectivity index (χ3n) is 4.13. The molecule has 1 aromatic carbocycles. The van der Waals surface area contributed by atoms with Crippen LogP contribution in [0.3, 0.4) is 0 Å². The zero-order valence-corrected chi connectivity index (χ0v) is 11.6. The number of nitrogens with zero attached hydrogens (tertiary/aromatic N) is 3. The number of piperidine rings is 1. The number of aryl methyl sites for hydroxylation is 1. The molecule has 0 spiro atoms. The summed E-state index contributed by atoms with van der Waals surface area (Å²) < 4.78 is 2.17. The highest BCUT2D eigenvalue weighted by molar-refractivity contribution is 5.75. The number of likely N-dealkylation sites (tertiary alicyclic amines) is 1. The van der Waals surface area contributed by atoms with Crippen LogP contribution in [0.5, 0.6) is 0 Å². The molecule has 0 atom stereocenters. The van der Waals surface area contributed by atoms with Gasteiger partial charge >= 0.3 is 5.97 Å². The Bertz CT molecular complexity index is 627. The SMILES string of the molecule is Cn1c(C2CCN(CC(=O)O)CC2)nc2ccccc21. The molecule has 1 aliphatic rings. The molecule has 20 heavy (non-hydrogen) atoms. The van der Waals surface area contributed by atoms with E-state index in [9.17, 15) is 4.79 Å². The minimum absolute atomic E-state index is 0.148. The van der Waals surface area contributed by atoms with Crippen LogP contribution in [-0.2, 0) is 11.8 Å². The number of aromatic nitrogens is 2. The van der Waals surface area contributed by atoms with E-state index >= 15 is 0 Å². The number of fused-ring (bicyclic) bond motifs is 1. The number of imidazole rings is 1. The van der Waals surface area contributed by atoms with Crippen LogP contribution in [0, 0.1) is 0 Å². The number of rotatable bonds is 3. The Morgan fingerprint density at radius 2 is 2.05 bits per heavy atom. The van der Waals surface area contributed by atoms with E-state index in [1.165, 1.54) is 0 Å². The molecule has 2 heterocycles. The topological polar surface area (TPSA) is 58.4 Å². The highest BCUT2D eigenvalue weighted by Gasteiger charge is 2.25. The molecular formula is C15H19N3O2. The van der Waals surface area contributed by atoms with Gasteiger partial charge in [-0.05, 0) is 38.1 Å². The van der Waals surface area contributed by atoms with E-state index in [0.29, 0.717) is 5.92 Å². The van der Waals surface area contributed by atoms with E-state index in [2.05, 4.69) is 17.7 Å². The molecule has 1 N–H and O–H groups in total. The van der Waals surface area contributed by atoms with Crippen molar-refractivity contribution in [2.45, 2.75) is 18.8 Å². The summed E-state index contributed by atoms with van der Waals surface area (Å²) in [6.45, 7) is 1.82. The van der Waals surface area contributed by atoms with Crippen LogP contribution in [0.15, 0.2) is 24.3 Å². The van der Waals surface area contributed by atoms with Crippen LogP contribution in [0.2, 0.25) is 0 Å². The zero-order valence-electron chi connectivity index (χ0n) is 11.6. The van der Waals surface area contributed by atoms with E-state index in [-0.39, 0.29) is 6.54 Å². The first-order valence-electron chi connectivity index (χ1n) is 7.00. The monoisotopic (exact) mass is 273 g/mol. The molecule has 1 saturated heterocycles. The molecule has 5 heteroatoms. The van der Waals surface area contributed by atoms with Crippen LogP contribution in [-0.4, -0.2) is 45.2 Å². The van der Waals surface area contributed by atoms with Gasteiger partial charge in [-0.1, -0.05) is 12.1 Å². The van der Waals surface area contributed by atoms with E-state index < -0.39 is 5.97 Å². The minimum atomic E-state index is -0.744. The van der Waals surface area contributed by atoms with E-state index in [1.807, 2.05) is 23.1 Å². The number of carbonyl (C=O) groups is 1. The van der Waals surface area contributed by atoms with Crippen LogP contribution in [0.4, 0.5) is 0 Å². The smallest absolute Gasteiger partial charge is 0.317 e. The van der Waals surface area contributed by atoms with E-state index in [1.54, 1.807) is 0 Å². The molecule has 1 aromatic heterocycles. The maximum atomic E-state index is 10.7. The van der Waals surface area contributed by atoms with Crippen molar-refractivity contribution in [2.75, 3.05) is 19.6 Å². The number of carboxylic acid groups (broad SMARTS) is 1. The Balaban J connectivity index is 1.76. The Morgan fingerprint density at radius 1 is 1.35 bits per heavy atom. The van der Waals surface area contributed by atoms with Crippen LogP contribution < -0.4 is 0 Å². The molecule has 0 unspecified atom stereocenters. The van der Waals surface area contributed by atoms with Crippen LogP contribution in [0.25, 0.3) is 11.0 Å². The fourth-order valence-electron chi connectivity index (χ4n) is 3.07. The van der Waals surface area contributed by atoms with Gasteiger partial charge in [-0.3, -0.25) is 9.69 Å². The van der Waals surface area contributed by atoms with Crippen molar-refractivity contribution in [3.8, 4) is 0 Å². The highest BCUT2D eigenvalue weighted by Crippen LogP contribution is 2.29. The predicted molar refractivity (Wildman–Crippen MR) is 76.8 cm³/mol. The summed E-state index contributed by atoms with van der Waals surface area (Å²) in [5.41, 5.74) is 2.20. The largest absolute Gasteiger partial charge is 0.480 e. The first-order chi connectivity index (χ1) is 9.65. The van der Waals surface area contributed by atoms with Crippen molar-refractivity contribution in [3.05, 3.63) is 30.1 Å². The summed E-state index contributed by atoms with van der Waals surface area (Å²) >= 11 is 0. The quantitative estimate of drug-likeness (QED) is 0.927. The molecule has 0 saturated carbocycles. The number of hydrogen-bond acceptors (Lipinski definition) is 3. The van der Waals surface area contributed by atoms with Gasteiger partial charge in [0.1, 0.15) is 5.82 Å². The Morgan fingerprint density at radius 3 is 2.70 bits per heavy atom. The summed E-state index contributed by atoms with van der Waals surface area (Å²) in [6.07, 6.45) is 1.95. The van der Waals surface area contributed by atoms with Crippen molar-refractivity contribution in [3.63, 3.8) is 0 Å². The van der Waals surface area contributed by atoms with Gasteiger partial charge in [0.15, 0.2) is 0 Å². The molecule has 1 fully saturated rings. The number of para-hydroxylation sites is 2. The minimum Gasteiger partial charge on any atom is -0.480 e. The lowest BCUT2D eigenvalue weighted by molar-refractivity contribution is -0.138. The van der Waals surface area contributed by atoms with Gasteiger partial charge in [0.25, 0.3) is 0 Å². The van der Waals surface area contributed by atoms with Crippen molar-refractivity contribution in [2.24, 2.45) is 7.05 Å². The second-order valence-electron chi connectivity index (χ2n) is 5.46. The lowest BCUT2D eigenvalue weighted by Gasteiger charge is -2.30. The molecule has 2 aromatic rings. The molecule has 106 valence electrons. The summed E-state index contributed by atoms with van der Waals surface area (Å²) in [5, 5.41) is 8.83. The van der Waals surface area contributed by atoms with Crippen molar-refractivity contribution in [1.82, 2.24) is 14.5 Å². The maximum absolute atomic E-state index is 10.7. The molecule has 3 rings (SSSR count). The molecule has 0 aliphatic carbocycles. The molecule has 0 radical (unpaired) electrons. The van der Waals surface area contributed by atoms with Crippen molar-refractivity contribution < 1.29 is 9.90 Å². The number of benzene rings is 1. The zero-order chi connectivity index (χ0) is 14.1. The molecular weight excluding hydrogens is 254 g/mol. The molecule has 5 nitrogen and oxygen atoms in total. The summed E-state index contributed by atoms with van der Waals surface area (Å²) in [4.78, 5) is 17.5. The second-order valence-corrected chi connectivity index (χ2v) is 5.46. The van der Waals surface area contributed by atoms with Crippen molar-refractivity contribution >= 4 is 17.0 Å². The van der Waals surface area contributed by atoms with Crippen LogP contribution in [0.1, 0.15) is 24.6 Å². The van der Waals surface area contributed by atoms with Gasteiger partial charge < -0.3 is 9.67 Å². The van der Waals surface area contributed by atoms with Gasteiger partial charge in [0.05, 0.1) is 17.6 Å². The average Bonchev–Trinajstić information content (AvgIpc) is 2.77. The van der Waals surface area contributed by atoms with Gasteiger partial charge in [-0.2, -0.15) is 0 Å². The molecule has 0 amide bonds. The number of aliphatic carboxylic acids is 1.